The molecule has 1 aliphatic heterocycles. The molecule has 0 amide bonds. The van der Waals surface area contributed by atoms with Gasteiger partial charge in [0.25, 0.3) is 0 Å². The average Bonchev–Trinajstić information content (AvgIpc) is 2.88. The number of benzene rings is 1. The molecular formula is C15H18BrN3. The van der Waals surface area contributed by atoms with Gasteiger partial charge in [0.15, 0.2) is 0 Å². The van der Waals surface area contributed by atoms with E-state index in [0.29, 0.717) is 0 Å². The largest absolute Gasteiger partial charge is 0.369 e. The quantitative estimate of drug-likeness (QED) is 0.864. The highest BCUT2D eigenvalue weighted by molar-refractivity contribution is 9.10. The second-order valence-electron chi connectivity index (χ2n) is 5.09. The smallest absolute Gasteiger partial charge is 0.0584 e. The average molecular weight is 320 g/mol. The molecule has 0 radical (unpaired) electrons. The Morgan fingerprint density at radius 1 is 1.32 bits per heavy atom. The minimum atomic E-state index is 0.946. The van der Waals surface area contributed by atoms with E-state index in [2.05, 4.69) is 45.0 Å². The molecule has 0 fully saturated rings. The minimum absolute atomic E-state index is 0.946. The lowest BCUT2D eigenvalue weighted by Gasteiger charge is -2.33. The zero-order valence-corrected chi connectivity index (χ0v) is 12.7. The van der Waals surface area contributed by atoms with Gasteiger partial charge in [0.1, 0.15) is 0 Å². The van der Waals surface area contributed by atoms with Crippen LogP contribution in [0, 0.1) is 6.92 Å². The van der Waals surface area contributed by atoms with Crippen molar-refractivity contribution in [3.05, 3.63) is 46.2 Å². The van der Waals surface area contributed by atoms with Crippen molar-refractivity contribution in [2.45, 2.75) is 26.3 Å². The summed E-state index contributed by atoms with van der Waals surface area (Å²) in [6.45, 7) is 5.33. The van der Waals surface area contributed by atoms with Crippen molar-refractivity contribution >= 4 is 21.6 Å². The highest BCUT2D eigenvalue weighted by Crippen LogP contribution is 2.33. The van der Waals surface area contributed by atoms with Crippen molar-refractivity contribution in [1.82, 2.24) is 9.78 Å². The lowest BCUT2D eigenvalue weighted by atomic mass is 9.98. The highest BCUT2D eigenvalue weighted by atomic mass is 79.9. The predicted molar refractivity (Wildman–Crippen MR) is 81.6 cm³/mol. The summed E-state index contributed by atoms with van der Waals surface area (Å²) in [7, 11) is 0. The van der Waals surface area contributed by atoms with Gasteiger partial charge in [0.05, 0.1) is 6.54 Å². The summed E-state index contributed by atoms with van der Waals surface area (Å²) in [4.78, 5) is 2.50. The molecule has 1 aliphatic rings. The summed E-state index contributed by atoms with van der Waals surface area (Å²) in [6.07, 6.45) is 6.29. The Bertz CT molecular complexity index is 563. The number of nitrogens with zero attached hydrogens (tertiary/aromatic N) is 3. The Morgan fingerprint density at radius 2 is 2.21 bits per heavy atom. The van der Waals surface area contributed by atoms with E-state index in [0.717, 1.165) is 19.6 Å². The molecule has 1 aromatic carbocycles. The lowest BCUT2D eigenvalue weighted by molar-refractivity contribution is 0.578. The Balaban J connectivity index is 1.82. The van der Waals surface area contributed by atoms with E-state index in [-0.39, 0.29) is 0 Å². The van der Waals surface area contributed by atoms with Crippen molar-refractivity contribution in [2.75, 3.05) is 18.0 Å². The number of hydrogen-bond acceptors (Lipinski definition) is 2. The Hall–Kier alpha value is -1.29. The Labute approximate surface area is 122 Å². The molecule has 4 heteroatoms. The van der Waals surface area contributed by atoms with E-state index < -0.39 is 0 Å². The first-order chi connectivity index (χ1) is 9.24. The second-order valence-corrected chi connectivity index (χ2v) is 6.01. The molecule has 19 heavy (non-hydrogen) atoms. The Morgan fingerprint density at radius 3 is 3.00 bits per heavy atom. The Kier molecular flexibility index (Phi) is 3.60. The molecule has 0 N–H and O–H groups in total. The first-order valence-electron chi connectivity index (χ1n) is 6.75. The third-order valence-corrected chi connectivity index (χ3v) is 4.15. The monoisotopic (exact) mass is 319 g/mol. The lowest BCUT2D eigenvalue weighted by Crippen LogP contribution is -2.33. The maximum Gasteiger partial charge on any atom is 0.0584 e. The summed E-state index contributed by atoms with van der Waals surface area (Å²) in [5.74, 6) is 0. The normalized spacial score (nSPS) is 14.5. The van der Waals surface area contributed by atoms with Gasteiger partial charge < -0.3 is 4.90 Å². The topological polar surface area (TPSA) is 21.1 Å². The molecule has 1 aromatic heterocycles. The standard InChI is InChI=1S/C15H18BrN3/c1-12-10-14(16)11-13-4-2-6-18(15(12)13)8-9-19-7-3-5-17-19/h3,5,7,10-11H,2,4,6,8-9H2,1H3. The van der Waals surface area contributed by atoms with Gasteiger partial charge in [0, 0.05) is 35.6 Å². The van der Waals surface area contributed by atoms with Gasteiger partial charge >= 0.3 is 0 Å². The molecule has 0 unspecified atom stereocenters. The molecule has 3 rings (SSSR count). The SMILES string of the molecule is Cc1cc(Br)cc2c1N(CCn1cccn1)CCC2. The molecule has 100 valence electrons. The van der Waals surface area contributed by atoms with Crippen molar-refractivity contribution in [1.29, 1.82) is 0 Å². The summed E-state index contributed by atoms with van der Waals surface area (Å²) in [6, 6.07) is 6.46. The fraction of sp³-hybridized carbons (Fsp3) is 0.400. The van der Waals surface area contributed by atoms with Crippen LogP contribution in [-0.4, -0.2) is 22.9 Å². The molecule has 0 saturated carbocycles. The van der Waals surface area contributed by atoms with Gasteiger partial charge in [-0.05, 0) is 49.1 Å². The van der Waals surface area contributed by atoms with Crippen molar-refractivity contribution in [3.63, 3.8) is 0 Å². The van der Waals surface area contributed by atoms with Crippen LogP contribution in [0.4, 0.5) is 5.69 Å². The van der Waals surface area contributed by atoms with E-state index in [4.69, 9.17) is 0 Å². The molecule has 0 saturated heterocycles. The third kappa shape index (κ3) is 2.68. The summed E-state index contributed by atoms with van der Waals surface area (Å²) in [5.41, 5.74) is 4.27. The van der Waals surface area contributed by atoms with Gasteiger partial charge in [-0.25, -0.2) is 0 Å². The molecule has 2 aromatic rings. The van der Waals surface area contributed by atoms with Crippen LogP contribution in [-0.2, 0) is 13.0 Å². The number of fused-ring (bicyclic) bond motifs is 1. The number of aryl methyl sites for hydroxylation is 2. The molecule has 3 nitrogen and oxygen atoms in total. The molecule has 0 bridgehead atoms. The zero-order valence-electron chi connectivity index (χ0n) is 11.1. The fourth-order valence-electron chi connectivity index (χ4n) is 2.90. The van der Waals surface area contributed by atoms with Crippen molar-refractivity contribution in [3.8, 4) is 0 Å². The van der Waals surface area contributed by atoms with E-state index in [1.165, 1.54) is 34.1 Å². The molecule has 0 aliphatic carbocycles. The van der Waals surface area contributed by atoms with Gasteiger partial charge in [-0.15, -0.1) is 0 Å². The van der Waals surface area contributed by atoms with E-state index in [1.54, 1.807) is 0 Å². The maximum atomic E-state index is 4.28. The summed E-state index contributed by atoms with van der Waals surface area (Å²) in [5, 5.41) is 4.28. The van der Waals surface area contributed by atoms with Crippen LogP contribution < -0.4 is 4.90 Å². The van der Waals surface area contributed by atoms with Gasteiger partial charge in [-0.2, -0.15) is 5.10 Å². The molecule has 2 heterocycles. The van der Waals surface area contributed by atoms with Crippen LogP contribution in [0.1, 0.15) is 17.5 Å². The van der Waals surface area contributed by atoms with Crippen LogP contribution in [0.15, 0.2) is 35.1 Å². The molecule has 0 spiro atoms. The zero-order chi connectivity index (χ0) is 13.2. The van der Waals surface area contributed by atoms with Crippen LogP contribution in [0.3, 0.4) is 0 Å². The molecule has 0 atom stereocenters. The first kappa shape index (κ1) is 12.7. The van der Waals surface area contributed by atoms with Crippen molar-refractivity contribution < 1.29 is 0 Å². The van der Waals surface area contributed by atoms with Gasteiger partial charge in [0.2, 0.25) is 0 Å². The van der Waals surface area contributed by atoms with Gasteiger partial charge in [-0.1, -0.05) is 15.9 Å². The highest BCUT2D eigenvalue weighted by Gasteiger charge is 2.19. The number of anilines is 1. The van der Waals surface area contributed by atoms with Crippen LogP contribution in [0.2, 0.25) is 0 Å². The van der Waals surface area contributed by atoms with Gasteiger partial charge in [-0.3, -0.25) is 4.68 Å². The predicted octanol–water partition coefficient (Wildman–Crippen LogP) is 3.41. The summed E-state index contributed by atoms with van der Waals surface area (Å²) >= 11 is 3.60. The van der Waals surface area contributed by atoms with Crippen molar-refractivity contribution in [2.24, 2.45) is 0 Å². The number of halogens is 1. The number of hydrogen-bond donors (Lipinski definition) is 0. The number of rotatable bonds is 3. The maximum absolute atomic E-state index is 4.28. The van der Waals surface area contributed by atoms with E-state index in [1.807, 2.05) is 23.1 Å². The summed E-state index contributed by atoms with van der Waals surface area (Å²) < 4.78 is 3.19. The van der Waals surface area contributed by atoms with E-state index in [9.17, 15) is 0 Å². The van der Waals surface area contributed by atoms with Crippen LogP contribution >= 0.6 is 15.9 Å². The number of aromatic nitrogens is 2. The first-order valence-corrected chi connectivity index (χ1v) is 7.55. The fourth-order valence-corrected chi connectivity index (χ4v) is 3.52. The molecular weight excluding hydrogens is 302 g/mol. The van der Waals surface area contributed by atoms with Crippen LogP contribution in [0.25, 0.3) is 0 Å². The minimum Gasteiger partial charge on any atom is -0.369 e. The van der Waals surface area contributed by atoms with Crippen LogP contribution in [0.5, 0.6) is 0 Å². The van der Waals surface area contributed by atoms with E-state index >= 15 is 0 Å². The second kappa shape index (κ2) is 5.37. The third-order valence-electron chi connectivity index (χ3n) is 3.69.